The topological polar surface area (TPSA) is 70.1 Å². The summed E-state index contributed by atoms with van der Waals surface area (Å²) in [5.41, 5.74) is 0.982. The lowest BCUT2D eigenvalue weighted by molar-refractivity contribution is 0.161. The number of aliphatic hydroxyl groups excluding tert-OH is 1. The molecule has 5 nitrogen and oxygen atoms in total. The van der Waals surface area contributed by atoms with Crippen LogP contribution < -0.4 is 10.6 Å². The van der Waals surface area contributed by atoms with Gasteiger partial charge in [-0.25, -0.2) is 9.97 Å². The number of aliphatic hydroxyl groups is 1. The van der Waals surface area contributed by atoms with Crippen molar-refractivity contribution in [2.75, 3.05) is 23.7 Å². The molecule has 1 atom stereocenters. The first-order valence-electron chi connectivity index (χ1n) is 6.52. The lowest BCUT2D eigenvalue weighted by atomic mass is 10.1. The first-order valence-corrected chi connectivity index (χ1v) is 6.52. The number of hydrogen-bond acceptors (Lipinski definition) is 5. The summed E-state index contributed by atoms with van der Waals surface area (Å²) >= 11 is 0. The highest BCUT2D eigenvalue weighted by Crippen LogP contribution is 2.18. The van der Waals surface area contributed by atoms with Gasteiger partial charge in [-0.05, 0) is 26.2 Å². The molecule has 0 aliphatic rings. The van der Waals surface area contributed by atoms with Gasteiger partial charge in [0.2, 0.25) is 0 Å². The zero-order valence-corrected chi connectivity index (χ0v) is 11.7. The minimum absolute atomic E-state index is 0.345. The van der Waals surface area contributed by atoms with E-state index in [0.717, 1.165) is 30.2 Å². The van der Waals surface area contributed by atoms with Gasteiger partial charge in [-0.3, -0.25) is 0 Å². The van der Waals surface area contributed by atoms with E-state index in [-0.39, 0.29) is 6.10 Å². The van der Waals surface area contributed by atoms with Gasteiger partial charge in [0.05, 0.1) is 6.10 Å². The minimum atomic E-state index is -0.345. The summed E-state index contributed by atoms with van der Waals surface area (Å²) in [5.74, 6) is 2.11. The summed E-state index contributed by atoms with van der Waals surface area (Å²) in [4.78, 5) is 8.38. The van der Waals surface area contributed by atoms with Crippen molar-refractivity contribution in [3.05, 3.63) is 11.9 Å². The average Bonchev–Trinajstić information content (AvgIpc) is 2.29. The maximum atomic E-state index is 9.82. The molecule has 0 radical (unpaired) electrons. The molecule has 1 rings (SSSR count). The van der Waals surface area contributed by atoms with E-state index in [4.69, 9.17) is 0 Å². The van der Waals surface area contributed by atoms with Gasteiger partial charge in [0.15, 0.2) is 0 Å². The Labute approximate surface area is 109 Å². The van der Waals surface area contributed by atoms with E-state index in [1.165, 1.54) is 6.33 Å². The predicted octanol–water partition coefficient (Wildman–Crippen LogP) is 2.04. The summed E-state index contributed by atoms with van der Waals surface area (Å²) in [5, 5.41) is 16.2. The summed E-state index contributed by atoms with van der Waals surface area (Å²) in [6.45, 7) is 9.54. The van der Waals surface area contributed by atoms with Crippen molar-refractivity contribution in [2.45, 2.75) is 40.2 Å². The zero-order valence-electron chi connectivity index (χ0n) is 11.7. The van der Waals surface area contributed by atoms with Gasteiger partial charge >= 0.3 is 0 Å². The summed E-state index contributed by atoms with van der Waals surface area (Å²) in [7, 11) is 0. The summed E-state index contributed by atoms with van der Waals surface area (Å²) in [6, 6.07) is 0. The Kier molecular flexibility index (Phi) is 5.85. The standard InChI is InChI=1S/C13H24N4O/c1-5-14-12-10(4)13(17-8-16-12)15-7-11(18)6-9(2)3/h8-9,11,18H,5-7H2,1-4H3,(H2,14,15,16,17). The molecule has 1 heterocycles. The van der Waals surface area contributed by atoms with Crippen LogP contribution in [0.2, 0.25) is 0 Å². The maximum Gasteiger partial charge on any atom is 0.134 e. The van der Waals surface area contributed by atoms with Crippen molar-refractivity contribution in [2.24, 2.45) is 5.92 Å². The number of rotatable bonds is 7. The van der Waals surface area contributed by atoms with E-state index < -0.39 is 0 Å². The Morgan fingerprint density at radius 1 is 1.22 bits per heavy atom. The molecule has 1 unspecified atom stereocenters. The minimum Gasteiger partial charge on any atom is -0.391 e. The highest BCUT2D eigenvalue weighted by atomic mass is 16.3. The van der Waals surface area contributed by atoms with Gasteiger partial charge in [-0.1, -0.05) is 13.8 Å². The molecule has 3 N–H and O–H groups in total. The van der Waals surface area contributed by atoms with Crippen molar-refractivity contribution < 1.29 is 5.11 Å². The van der Waals surface area contributed by atoms with E-state index in [2.05, 4.69) is 34.4 Å². The van der Waals surface area contributed by atoms with Crippen LogP contribution in [0, 0.1) is 12.8 Å². The van der Waals surface area contributed by atoms with Gasteiger partial charge < -0.3 is 15.7 Å². The van der Waals surface area contributed by atoms with Crippen LogP contribution in [-0.4, -0.2) is 34.3 Å². The molecular formula is C13H24N4O. The van der Waals surface area contributed by atoms with Crippen LogP contribution in [0.15, 0.2) is 6.33 Å². The first kappa shape index (κ1) is 14.7. The molecule has 0 amide bonds. The molecule has 0 saturated heterocycles. The van der Waals surface area contributed by atoms with E-state index in [0.29, 0.717) is 12.5 Å². The van der Waals surface area contributed by atoms with Crippen LogP contribution >= 0.6 is 0 Å². The van der Waals surface area contributed by atoms with Crippen molar-refractivity contribution in [1.82, 2.24) is 9.97 Å². The van der Waals surface area contributed by atoms with Gasteiger partial charge in [0.25, 0.3) is 0 Å². The number of nitrogens with one attached hydrogen (secondary N) is 2. The molecule has 0 spiro atoms. The Balaban J connectivity index is 2.59. The fourth-order valence-corrected chi connectivity index (χ4v) is 1.82. The third-order valence-electron chi connectivity index (χ3n) is 2.68. The average molecular weight is 252 g/mol. The molecule has 0 fully saturated rings. The molecule has 102 valence electrons. The zero-order chi connectivity index (χ0) is 13.5. The van der Waals surface area contributed by atoms with Crippen LogP contribution in [0.1, 0.15) is 32.8 Å². The molecule has 18 heavy (non-hydrogen) atoms. The Morgan fingerprint density at radius 3 is 2.39 bits per heavy atom. The lowest BCUT2D eigenvalue weighted by Crippen LogP contribution is -2.22. The van der Waals surface area contributed by atoms with E-state index in [1.54, 1.807) is 0 Å². The normalized spacial score (nSPS) is 12.6. The summed E-state index contributed by atoms with van der Waals surface area (Å²) < 4.78 is 0. The molecule has 0 aromatic carbocycles. The maximum absolute atomic E-state index is 9.82. The van der Waals surface area contributed by atoms with E-state index in [9.17, 15) is 5.11 Å². The molecular weight excluding hydrogens is 228 g/mol. The second-order valence-corrected chi connectivity index (χ2v) is 4.89. The second-order valence-electron chi connectivity index (χ2n) is 4.89. The number of aromatic nitrogens is 2. The van der Waals surface area contributed by atoms with Crippen LogP contribution in [-0.2, 0) is 0 Å². The largest absolute Gasteiger partial charge is 0.391 e. The third kappa shape index (κ3) is 4.49. The molecule has 5 heteroatoms. The smallest absolute Gasteiger partial charge is 0.134 e. The fraction of sp³-hybridized carbons (Fsp3) is 0.692. The lowest BCUT2D eigenvalue weighted by Gasteiger charge is -2.16. The highest BCUT2D eigenvalue weighted by molar-refractivity contribution is 5.56. The Morgan fingerprint density at radius 2 is 1.83 bits per heavy atom. The predicted molar refractivity (Wildman–Crippen MR) is 74.9 cm³/mol. The number of nitrogens with zero attached hydrogens (tertiary/aromatic N) is 2. The van der Waals surface area contributed by atoms with E-state index in [1.807, 2.05) is 13.8 Å². The Hall–Kier alpha value is -1.36. The molecule has 1 aromatic heterocycles. The Bertz CT molecular complexity index is 368. The van der Waals surface area contributed by atoms with Gasteiger partial charge in [0.1, 0.15) is 18.0 Å². The van der Waals surface area contributed by atoms with Crippen LogP contribution in [0.3, 0.4) is 0 Å². The van der Waals surface area contributed by atoms with Crippen molar-refractivity contribution in [3.63, 3.8) is 0 Å². The number of anilines is 2. The molecule has 0 aliphatic heterocycles. The SMILES string of the molecule is CCNc1ncnc(NCC(O)CC(C)C)c1C. The molecule has 0 saturated carbocycles. The quantitative estimate of drug-likeness (QED) is 0.692. The second kappa shape index (κ2) is 7.16. The molecule has 0 bridgehead atoms. The van der Waals surface area contributed by atoms with Gasteiger partial charge in [-0.15, -0.1) is 0 Å². The molecule has 0 aliphatic carbocycles. The fourth-order valence-electron chi connectivity index (χ4n) is 1.82. The first-order chi connectivity index (χ1) is 8.54. The summed E-state index contributed by atoms with van der Waals surface area (Å²) in [6.07, 6.45) is 1.97. The van der Waals surface area contributed by atoms with Crippen LogP contribution in [0.25, 0.3) is 0 Å². The van der Waals surface area contributed by atoms with Crippen LogP contribution in [0.4, 0.5) is 11.6 Å². The van der Waals surface area contributed by atoms with Crippen molar-refractivity contribution in [3.8, 4) is 0 Å². The van der Waals surface area contributed by atoms with Gasteiger partial charge in [0, 0.05) is 18.7 Å². The number of hydrogen-bond donors (Lipinski definition) is 3. The van der Waals surface area contributed by atoms with E-state index >= 15 is 0 Å². The van der Waals surface area contributed by atoms with Crippen LogP contribution in [0.5, 0.6) is 0 Å². The third-order valence-corrected chi connectivity index (χ3v) is 2.68. The van der Waals surface area contributed by atoms with Gasteiger partial charge in [-0.2, -0.15) is 0 Å². The molecule has 1 aromatic rings. The van der Waals surface area contributed by atoms with Crippen molar-refractivity contribution >= 4 is 11.6 Å². The highest BCUT2D eigenvalue weighted by Gasteiger charge is 2.10. The van der Waals surface area contributed by atoms with Crippen molar-refractivity contribution in [1.29, 1.82) is 0 Å². The monoisotopic (exact) mass is 252 g/mol.